The van der Waals surface area contributed by atoms with E-state index < -0.39 is 0 Å². The Morgan fingerprint density at radius 1 is 0.675 bits per heavy atom. The van der Waals surface area contributed by atoms with E-state index in [2.05, 4.69) is 77.9 Å². The van der Waals surface area contributed by atoms with E-state index in [0.29, 0.717) is 11.5 Å². The van der Waals surface area contributed by atoms with Gasteiger partial charge in [0.1, 0.15) is 5.82 Å². The summed E-state index contributed by atoms with van der Waals surface area (Å²) in [7, 11) is 0. The Bertz CT molecular complexity index is 1720. The van der Waals surface area contributed by atoms with Crippen molar-refractivity contribution in [3.63, 3.8) is 0 Å². The van der Waals surface area contributed by atoms with Gasteiger partial charge in [0.05, 0.1) is 5.69 Å². The smallest absolute Gasteiger partial charge is 0.509 e. The van der Waals surface area contributed by atoms with Gasteiger partial charge in [-0.3, -0.25) is 4.68 Å². The molecule has 0 saturated heterocycles. The van der Waals surface area contributed by atoms with Crippen molar-refractivity contribution < 1.29 is 25.8 Å². The first-order valence-corrected chi connectivity index (χ1v) is 12.8. The van der Waals surface area contributed by atoms with Gasteiger partial charge in [0.25, 0.3) is 0 Å². The molecule has 0 bridgehead atoms. The van der Waals surface area contributed by atoms with Gasteiger partial charge in [-0.15, -0.1) is 36.4 Å². The number of aromatic nitrogens is 3. The molecule has 6 rings (SSSR count). The largest absolute Gasteiger partial charge is 2.00 e. The predicted octanol–water partition coefficient (Wildman–Crippen LogP) is 8.35. The molecule has 198 valence electrons. The number of hydrogen-bond acceptors (Lipinski definition) is 4. The summed E-state index contributed by atoms with van der Waals surface area (Å²) in [5.41, 5.74) is 8.23. The zero-order chi connectivity index (χ0) is 26.6. The summed E-state index contributed by atoms with van der Waals surface area (Å²) in [4.78, 5) is 4.30. The maximum Gasteiger partial charge on any atom is 2.00 e. The molecule has 6 aromatic rings. The van der Waals surface area contributed by atoms with Crippen LogP contribution in [0.3, 0.4) is 0 Å². The third kappa shape index (κ3) is 5.90. The second-order valence-electron chi connectivity index (χ2n) is 9.17. The summed E-state index contributed by atoms with van der Waals surface area (Å²) >= 11 is 0. The van der Waals surface area contributed by atoms with Crippen LogP contribution in [-0.4, -0.2) is 14.8 Å². The number of aryl methyl sites for hydroxylation is 1. The second kappa shape index (κ2) is 12.1. The fourth-order valence-corrected chi connectivity index (χ4v) is 4.65. The standard InChI is InChI=1S/C34H26N4O.Pt/c1-24-34(28-19-17-27(18-20-28)26-10-4-3-5-11-26)25(2)38(37-24)30-13-9-15-32(23-30)39-31-14-8-12-29(22-31)36-33-16-6-7-21-35-33;/h3-21H,1-2H3,(H,35,36);/q-2;+2. The Morgan fingerprint density at radius 3 is 2.10 bits per heavy atom. The fourth-order valence-electron chi connectivity index (χ4n) is 4.65. The molecule has 4 aromatic carbocycles. The van der Waals surface area contributed by atoms with Crippen LogP contribution < -0.4 is 10.1 Å². The summed E-state index contributed by atoms with van der Waals surface area (Å²) in [6.45, 7) is 4.13. The molecule has 0 radical (unpaired) electrons. The van der Waals surface area contributed by atoms with E-state index in [4.69, 9.17) is 9.84 Å². The molecule has 0 aliphatic carbocycles. The Hall–Kier alpha value is -4.47. The van der Waals surface area contributed by atoms with Crippen LogP contribution in [0.15, 0.2) is 115 Å². The topological polar surface area (TPSA) is 52.0 Å². The van der Waals surface area contributed by atoms with Crippen LogP contribution in [0, 0.1) is 26.0 Å². The number of rotatable bonds is 7. The van der Waals surface area contributed by atoms with Gasteiger partial charge in [0, 0.05) is 29.0 Å². The number of pyridine rings is 1. The van der Waals surface area contributed by atoms with Crippen molar-refractivity contribution in [2.45, 2.75) is 13.8 Å². The van der Waals surface area contributed by atoms with Gasteiger partial charge in [0.15, 0.2) is 0 Å². The third-order valence-corrected chi connectivity index (χ3v) is 6.47. The van der Waals surface area contributed by atoms with Crippen LogP contribution >= 0.6 is 0 Å². The zero-order valence-electron chi connectivity index (χ0n) is 22.0. The molecule has 0 unspecified atom stereocenters. The maximum atomic E-state index is 6.12. The average molecular weight is 702 g/mol. The van der Waals surface area contributed by atoms with Crippen LogP contribution in [0.25, 0.3) is 27.9 Å². The Morgan fingerprint density at radius 2 is 1.35 bits per heavy atom. The maximum absolute atomic E-state index is 6.12. The zero-order valence-corrected chi connectivity index (χ0v) is 24.3. The normalized spacial score (nSPS) is 10.6. The molecular weight excluding hydrogens is 675 g/mol. The van der Waals surface area contributed by atoms with Gasteiger partial charge in [-0.05, 0) is 48.4 Å². The van der Waals surface area contributed by atoms with Crippen LogP contribution in [0.1, 0.15) is 11.4 Å². The predicted molar refractivity (Wildman–Crippen MR) is 156 cm³/mol. The third-order valence-electron chi connectivity index (χ3n) is 6.47. The number of ether oxygens (including phenoxy) is 1. The monoisotopic (exact) mass is 701 g/mol. The second-order valence-corrected chi connectivity index (χ2v) is 9.17. The number of nitrogens with one attached hydrogen (secondary N) is 1. The summed E-state index contributed by atoms with van der Waals surface area (Å²) in [6.07, 6.45) is 1.74. The molecule has 6 heteroatoms. The number of hydrogen-bond donors (Lipinski definition) is 1. The molecule has 2 aromatic heterocycles. The number of benzene rings is 4. The van der Waals surface area contributed by atoms with Crippen molar-refractivity contribution >= 4 is 11.5 Å². The molecule has 0 fully saturated rings. The van der Waals surface area contributed by atoms with E-state index in [1.54, 1.807) is 6.20 Å². The molecule has 0 amide bonds. The van der Waals surface area contributed by atoms with Crippen LogP contribution in [0.4, 0.5) is 11.5 Å². The fraction of sp³-hybridized carbons (Fsp3) is 0.0588. The van der Waals surface area contributed by atoms with Gasteiger partial charge in [-0.2, -0.15) is 17.2 Å². The van der Waals surface area contributed by atoms with Gasteiger partial charge in [-0.25, -0.2) is 4.98 Å². The number of anilines is 2. The van der Waals surface area contributed by atoms with E-state index in [9.17, 15) is 0 Å². The van der Waals surface area contributed by atoms with Crippen molar-refractivity contribution in [3.05, 3.63) is 139 Å². The Labute approximate surface area is 248 Å². The minimum Gasteiger partial charge on any atom is -0.509 e. The summed E-state index contributed by atoms with van der Waals surface area (Å²) in [5.74, 6) is 1.91. The molecule has 0 atom stereocenters. The van der Waals surface area contributed by atoms with Crippen molar-refractivity contribution in [3.8, 4) is 39.4 Å². The van der Waals surface area contributed by atoms with E-state index in [1.807, 2.05) is 72.3 Å². The minimum atomic E-state index is 0. The molecule has 5 nitrogen and oxygen atoms in total. The van der Waals surface area contributed by atoms with E-state index in [1.165, 1.54) is 11.1 Å². The van der Waals surface area contributed by atoms with Gasteiger partial charge in [0.2, 0.25) is 0 Å². The number of nitrogens with zero attached hydrogens (tertiary/aromatic N) is 3. The van der Waals surface area contributed by atoms with E-state index >= 15 is 0 Å². The molecule has 0 aliphatic heterocycles. The van der Waals surface area contributed by atoms with Gasteiger partial charge >= 0.3 is 21.1 Å². The average Bonchev–Trinajstić information content (AvgIpc) is 3.28. The molecule has 40 heavy (non-hydrogen) atoms. The Balaban J connectivity index is 0.00000323. The first kappa shape index (κ1) is 27.1. The molecule has 2 heterocycles. The van der Waals surface area contributed by atoms with Crippen LogP contribution in [0.5, 0.6) is 11.5 Å². The molecule has 0 aliphatic rings. The van der Waals surface area contributed by atoms with E-state index in [-0.39, 0.29) is 21.1 Å². The molecule has 0 spiro atoms. The summed E-state index contributed by atoms with van der Waals surface area (Å²) < 4.78 is 8.05. The van der Waals surface area contributed by atoms with Crippen molar-refractivity contribution in [2.24, 2.45) is 0 Å². The quantitative estimate of drug-likeness (QED) is 0.170. The minimum absolute atomic E-state index is 0. The van der Waals surface area contributed by atoms with Crippen LogP contribution in [0.2, 0.25) is 0 Å². The van der Waals surface area contributed by atoms with Gasteiger partial charge < -0.3 is 10.1 Å². The van der Waals surface area contributed by atoms with Crippen molar-refractivity contribution in [1.82, 2.24) is 14.8 Å². The molecule has 1 N–H and O–H groups in total. The van der Waals surface area contributed by atoms with Crippen molar-refractivity contribution in [2.75, 3.05) is 5.32 Å². The summed E-state index contributed by atoms with van der Waals surface area (Å²) in [6, 6.07) is 42.9. The first-order chi connectivity index (χ1) is 19.1. The van der Waals surface area contributed by atoms with Crippen LogP contribution in [-0.2, 0) is 21.1 Å². The first-order valence-electron chi connectivity index (χ1n) is 12.8. The Kier molecular flexibility index (Phi) is 8.23. The SMILES string of the molecule is Cc1nn(-c2[c-]c(Oc3[c-]c(Nc4ccccn4)ccc3)ccc2)c(C)c1-c1ccc(-c2ccccc2)cc1.[Pt+2]. The van der Waals surface area contributed by atoms with Gasteiger partial charge in [-0.1, -0.05) is 66.4 Å². The van der Waals surface area contributed by atoms with E-state index in [0.717, 1.165) is 39.7 Å². The summed E-state index contributed by atoms with van der Waals surface area (Å²) in [5, 5.41) is 8.09. The molecule has 0 saturated carbocycles. The molecular formula is C34H26N4OPt. The van der Waals surface area contributed by atoms with Crippen molar-refractivity contribution in [1.29, 1.82) is 0 Å².